The smallest absolute Gasteiger partial charge is 0.410 e. The maximum absolute atomic E-state index is 13.5. The van der Waals surface area contributed by atoms with Crippen LogP contribution in [-0.4, -0.2) is 61.8 Å². The zero-order valence-electron chi connectivity index (χ0n) is 23.8. The number of likely N-dealkylation sites (tertiary alicyclic amines) is 1. The molecule has 1 aromatic heterocycles. The topological polar surface area (TPSA) is 128 Å². The van der Waals surface area contributed by atoms with Gasteiger partial charge in [-0.05, 0) is 37.5 Å². The molecule has 11 nitrogen and oxygen atoms in total. The molecular formula is C30H34N4O7S. The van der Waals surface area contributed by atoms with Crippen molar-refractivity contribution in [3.63, 3.8) is 0 Å². The molecule has 2 N–H and O–H groups in total. The Hall–Kier alpha value is -4.16. The Morgan fingerprint density at radius 3 is 2.60 bits per heavy atom. The summed E-state index contributed by atoms with van der Waals surface area (Å²) in [5.41, 5.74) is 1.04. The Balaban J connectivity index is 1.35. The summed E-state index contributed by atoms with van der Waals surface area (Å²) in [7, 11) is 3.11. The fourth-order valence-corrected chi connectivity index (χ4v) is 5.92. The summed E-state index contributed by atoms with van der Waals surface area (Å²) in [5.74, 6) is 0.487. The molecule has 2 aliphatic rings. The molecular weight excluding hydrogens is 560 g/mol. The summed E-state index contributed by atoms with van der Waals surface area (Å²) in [6, 6.07) is 14.4. The number of carbonyl (C=O) groups excluding carboxylic acids is 3. The third-order valence-corrected chi connectivity index (χ3v) is 8.46. The first-order valence-corrected chi connectivity index (χ1v) is 14.5. The highest BCUT2D eigenvalue weighted by molar-refractivity contribution is 7.16. The van der Waals surface area contributed by atoms with Crippen LogP contribution in [0.25, 0.3) is 0 Å². The van der Waals surface area contributed by atoms with Gasteiger partial charge >= 0.3 is 6.09 Å². The summed E-state index contributed by atoms with van der Waals surface area (Å²) in [6.45, 7) is 3.24. The molecule has 0 unspecified atom stereocenters. The van der Waals surface area contributed by atoms with Gasteiger partial charge in [0.05, 0.1) is 38.9 Å². The van der Waals surface area contributed by atoms with Crippen LogP contribution in [-0.2, 0) is 27.4 Å². The van der Waals surface area contributed by atoms with Crippen LogP contribution in [0.2, 0.25) is 0 Å². The maximum atomic E-state index is 13.5. The van der Waals surface area contributed by atoms with Gasteiger partial charge in [0.2, 0.25) is 5.91 Å². The second kappa shape index (κ2) is 12.8. The molecule has 2 saturated heterocycles. The van der Waals surface area contributed by atoms with Gasteiger partial charge in [-0.3, -0.25) is 14.5 Å². The molecule has 0 radical (unpaired) electrons. The maximum Gasteiger partial charge on any atom is 0.410 e. The minimum atomic E-state index is -0.686. The molecule has 42 heavy (non-hydrogen) atoms. The molecule has 12 heteroatoms. The van der Waals surface area contributed by atoms with Gasteiger partial charge in [0, 0.05) is 24.7 Å². The van der Waals surface area contributed by atoms with Gasteiger partial charge in [0.15, 0.2) is 5.69 Å². The molecule has 0 saturated carbocycles. The van der Waals surface area contributed by atoms with Crippen LogP contribution < -0.4 is 20.1 Å². The average Bonchev–Trinajstić information content (AvgIpc) is 3.65. The van der Waals surface area contributed by atoms with E-state index in [4.69, 9.17) is 18.9 Å². The summed E-state index contributed by atoms with van der Waals surface area (Å²) < 4.78 is 21.5. The van der Waals surface area contributed by atoms with Gasteiger partial charge in [-0.25, -0.2) is 9.78 Å². The minimum absolute atomic E-state index is 0.0872. The van der Waals surface area contributed by atoms with Crippen LogP contribution in [0.15, 0.2) is 48.5 Å². The molecule has 3 aromatic rings. The Morgan fingerprint density at radius 2 is 1.90 bits per heavy atom. The normalized spacial score (nSPS) is 17.2. The average molecular weight is 595 g/mol. The van der Waals surface area contributed by atoms with Crippen molar-refractivity contribution < 1.29 is 33.3 Å². The monoisotopic (exact) mass is 594 g/mol. The zero-order chi connectivity index (χ0) is 29.7. The number of methoxy groups -OCH3 is 2. The lowest BCUT2D eigenvalue weighted by Crippen LogP contribution is -2.49. The zero-order valence-corrected chi connectivity index (χ0v) is 24.6. The predicted octanol–water partition coefficient (Wildman–Crippen LogP) is 4.54. The molecule has 2 fully saturated rings. The van der Waals surface area contributed by atoms with E-state index in [0.717, 1.165) is 17.5 Å². The van der Waals surface area contributed by atoms with E-state index in [1.54, 1.807) is 31.3 Å². The van der Waals surface area contributed by atoms with Crippen molar-refractivity contribution in [2.75, 3.05) is 39.3 Å². The number of amides is 3. The molecule has 3 heterocycles. The summed E-state index contributed by atoms with van der Waals surface area (Å²) in [6.07, 6.45) is 0.983. The van der Waals surface area contributed by atoms with Crippen LogP contribution in [0.5, 0.6) is 11.5 Å². The first kappa shape index (κ1) is 29.3. The number of aromatic nitrogens is 1. The van der Waals surface area contributed by atoms with Crippen LogP contribution >= 0.6 is 11.3 Å². The number of hydrogen-bond donors (Lipinski definition) is 2. The molecule has 5 rings (SSSR count). The molecule has 2 aromatic carbocycles. The SMILES string of the molecule is COc1ccc(CNC(=O)c2nc([C@H]3CCCN3C(=O)OCc3ccccc3)sc2NC(=O)C2(C)COC2)c(OC)c1. The van der Waals surface area contributed by atoms with E-state index >= 15 is 0 Å². The molecule has 0 spiro atoms. The molecule has 0 aliphatic carbocycles. The van der Waals surface area contributed by atoms with Crippen LogP contribution in [0.3, 0.4) is 0 Å². The Kier molecular flexibility index (Phi) is 8.93. The summed E-state index contributed by atoms with van der Waals surface area (Å²) in [4.78, 5) is 45.9. The number of ether oxygens (including phenoxy) is 4. The number of anilines is 1. The molecule has 222 valence electrons. The number of benzene rings is 2. The number of thiazole rings is 1. The Morgan fingerprint density at radius 1 is 1.12 bits per heavy atom. The van der Waals surface area contributed by atoms with Crippen molar-refractivity contribution >= 4 is 34.2 Å². The lowest BCUT2D eigenvalue weighted by molar-refractivity contribution is -0.151. The first-order valence-electron chi connectivity index (χ1n) is 13.7. The third-order valence-electron chi connectivity index (χ3n) is 7.39. The summed E-state index contributed by atoms with van der Waals surface area (Å²) >= 11 is 1.20. The van der Waals surface area contributed by atoms with E-state index < -0.39 is 17.4 Å². The van der Waals surface area contributed by atoms with E-state index in [2.05, 4.69) is 15.6 Å². The number of hydrogen-bond acceptors (Lipinski definition) is 9. The van der Waals surface area contributed by atoms with Gasteiger partial charge < -0.3 is 29.6 Å². The van der Waals surface area contributed by atoms with Gasteiger partial charge in [-0.1, -0.05) is 41.7 Å². The van der Waals surface area contributed by atoms with Crippen LogP contribution in [0.4, 0.5) is 9.80 Å². The van der Waals surface area contributed by atoms with Crippen molar-refractivity contribution in [2.45, 2.75) is 39.0 Å². The fourth-order valence-electron chi connectivity index (χ4n) is 4.81. The number of rotatable bonds is 10. The van der Waals surface area contributed by atoms with Crippen LogP contribution in [0.1, 0.15) is 52.4 Å². The predicted molar refractivity (Wildman–Crippen MR) is 156 cm³/mol. The number of nitrogens with one attached hydrogen (secondary N) is 2. The molecule has 2 aliphatic heterocycles. The van der Waals surface area contributed by atoms with E-state index in [1.807, 2.05) is 43.3 Å². The summed E-state index contributed by atoms with van der Waals surface area (Å²) in [5, 5.41) is 6.67. The quantitative estimate of drug-likeness (QED) is 0.350. The largest absolute Gasteiger partial charge is 0.497 e. The van der Waals surface area contributed by atoms with Crippen LogP contribution in [0, 0.1) is 5.41 Å². The number of nitrogens with zero attached hydrogens (tertiary/aromatic N) is 2. The van der Waals surface area contributed by atoms with Gasteiger partial charge in [-0.2, -0.15) is 0 Å². The van der Waals surface area contributed by atoms with Crippen molar-refractivity contribution in [2.24, 2.45) is 5.41 Å². The standard InChI is InChI=1S/C30H34N4O7S/c1-30(17-40-18-30)28(36)33-27-24(25(35)31-15-20-11-12-21(38-2)14-23(20)39-3)32-26(42-27)22-10-7-13-34(22)29(37)41-16-19-8-5-4-6-9-19/h4-6,8-9,11-12,14,22H,7,10,13,15-18H2,1-3H3,(H,31,35)(H,33,36)/t22-/m1/s1. The molecule has 1 atom stereocenters. The fraction of sp³-hybridized carbons (Fsp3) is 0.400. The second-order valence-corrected chi connectivity index (χ2v) is 11.5. The third kappa shape index (κ3) is 6.34. The molecule has 0 bridgehead atoms. The van der Waals surface area contributed by atoms with Gasteiger partial charge in [-0.15, -0.1) is 0 Å². The van der Waals surface area contributed by atoms with E-state index in [-0.39, 0.29) is 30.8 Å². The Labute approximate surface area is 248 Å². The highest BCUT2D eigenvalue weighted by Crippen LogP contribution is 2.39. The van der Waals surface area contributed by atoms with E-state index in [0.29, 0.717) is 47.7 Å². The van der Waals surface area contributed by atoms with Crippen molar-refractivity contribution in [1.29, 1.82) is 0 Å². The minimum Gasteiger partial charge on any atom is -0.497 e. The highest BCUT2D eigenvalue weighted by Gasteiger charge is 2.42. The number of carbonyl (C=O) groups is 3. The lowest BCUT2D eigenvalue weighted by Gasteiger charge is -2.36. The Bertz CT molecular complexity index is 1440. The second-order valence-electron chi connectivity index (χ2n) is 10.5. The van der Waals surface area contributed by atoms with Crippen molar-refractivity contribution in [1.82, 2.24) is 15.2 Å². The van der Waals surface area contributed by atoms with Gasteiger partial charge in [0.25, 0.3) is 5.91 Å². The highest BCUT2D eigenvalue weighted by atomic mass is 32.1. The lowest BCUT2D eigenvalue weighted by atomic mass is 9.88. The molecule has 3 amide bonds. The van der Waals surface area contributed by atoms with Gasteiger partial charge in [0.1, 0.15) is 28.1 Å². The van der Waals surface area contributed by atoms with Crippen molar-refractivity contribution in [3.05, 3.63) is 70.4 Å². The first-order chi connectivity index (χ1) is 20.3. The van der Waals surface area contributed by atoms with Crippen molar-refractivity contribution in [3.8, 4) is 11.5 Å². The van der Waals surface area contributed by atoms with E-state index in [1.165, 1.54) is 11.3 Å². The van der Waals surface area contributed by atoms with E-state index in [9.17, 15) is 14.4 Å².